The summed E-state index contributed by atoms with van der Waals surface area (Å²) >= 11 is 0. The molecule has 10 heteroatoms. The maximum absolute atomic E-state index is 14.0. The van der Waals surface area contributed by atoms with Gasteiger partial charge in [-0.3, -0.25) is 4.79 Å². The van der Waals surface area contributed by atoms with E-state index < -0.39 is 17.6 Å². The van der Waals surface area contributed by atoms with Crippen LogP contribution in [0.1, 0.15) is 37.1 Å². The number of ether oxygens (including phenoxy) is 2. The lowest BCUT2D eigenvalue weighted by molar-refractivity contribution is -0.114. The Balaban J connectivity index is 1.71. The molecular weight excluding hydrogens is 432 g/mol. The summed E-state index contributed by atoms with van der Waals surface area (Å²) in [5, 5.41) is 12.9. The molecule has 1 N–H and O–H groups in total. The van der Waals surface area contributed by atoms with Crippen molar-refractivity contribution in [3.63, 3.8) is 0 Å². The number of halogens is 2. The minimum absolute atomic E-state index is 0.259. The lowest BCUT2D eigenvalue weighted by atomic mass is 9.95. The zero-order valence-corrected chi connectivity index (χ0v) is 18.1. The number of aromatic nitrogens is 3. The van der Waals surface area contributed by atoms with Crippen molar-refractivity contribution in [2.45, 2.75) is 37.3 Å². The van der Waals surface area contributed by atoms with Crippen LogP contribution in [0.25, 0.3) is 22.2 Å². The molecule has 1 saturated heterocycles. The summed E-state index contributed by atoms with van der Waals surface area (Å²) in [7, 11) is 1.57. The van der Waals surface area contributed by atoms with E-state index in [1.54, 1.807) is 31.5 Å². The van der Waals surface area contributed by atoms with Gasteiger partial charge in [-0.25, -0.2) is 18.7 Å². The van der Waals surface area contributed by atoms with Gasteiger partial charge in [-0.2, -0.15) is 5.26 Å². The summed E-state index contributed by atoms with van der Waals surface area (Å²) in [6.07, 6.45) is 3.41. The Morgan fingerprint density at radius 2 is 2.18 bits per heavy atom. The number of anilines is 1. The van der Waals surface area contributed by atoms with Gasteiger partial charge in [0.15, 0.2) is 0 Å². The zero-order chi connectivity index (χ0) is 23.4. The third kappa shape index (κ3) is 3.63. The molecule has 2 atom stereocenters. The van der Waals surface area contributed by atoms with Crippen LogP contribution in [-0.4, -0.2) is 46.7 Å². The average molecular weight is 453 g/mol. The third-order valence-corrected chi connectivity index (χ3v) is 6.23. The number of nitrogens with one attached hydrogen (secondary N) is 1. The fourth-order valence-electron chi connectivity index (χ4n) is 4.34. The Hall–Kier alpha value is -3.42. The molecule has 2 fully saturated rings. The van der Waals surface area contributed by atoms with E-state index in [2.05, 4.69) is 16.4 Å². The standard InChI is InChI=1S/C23H21F2N5O3/c1-13(31)28-21-7-15-16(11-30(18(15)10-27-21)20-8-23(20,24)25)17-5-14(9-26)6-19(29-17)22(32-2)3-4-33-12-22/h5-7,10-11,20H,3-4,8,12H2,1-2H3,(H,27,28,31)/t20?,22-/m0/s1. The predicted octanol–water partition coefficient (Wildman–Crippen LogP) is 3.77. The van der Waals surface area contributed by atoms with Gasteiger partial charge < -0.3 is 19.4 Å². The maximum Gasteiger partial charge on any atom is 0.270 e. The summed E-state index contributed by atoms with van der Waals surface area (Å²) in [6, 6.07) is 6.09. The summed E-state index contributed by atoms with van der Waals surface area (Å²) < 4.78 is 40.7. The van der Waals surface area contributed by atoms with E-state index in [0.717, 1.165) is 0 Å². The molecule has 1 unspecified atom stereocenters. The number of carbonyl (C=O) groups is 1. The number of hydrogen-bond acceptors (Lipinski definition) is 6. The van der Waals surface area contributed by atoms with Crippen molar-refractivity contribution in [1.29, 1.82) is 5.26 Å². The molecule has 170 valence electrons. The number of methoxy groups -OCH3 is 1. The third-order valence-electron chi connectivity index (χ3n) is 6.23. The number of rotatable bonds is 5. The highest BCUT2D eigenvalue weighted by Crippen LogP contribution is 2.54. The number of nitrogens with zero attached hydrogens (tertiary/aromatic N) is 4. The summed E-state index contributed by atoms with van der Waals surface area (Å²) in [4.78, 5) is 20.5. The number of fused-ring (bicyclic) bond motifs is 1. The number of alkyl halides is 2. The van der Waals surface area contributed by atoms with Crippen LogP contribution < -0.4 is 5.32 Å². The quantitative estimate of drug-likeness (QED) is 0.631. The molecule has 1 saturated carbocycles. The molecule has 3 aromatic heterocycles. The minimum Gasteiger partial charge on any atom is -0.378 e. The van der Waals surface area contributed by atoms with E-state index in [1.807, 2.05) is 0 Å². The van der Waals surface area contributed by atoms with E-state index in [4.69, 9.17) is 14.5 Å². The van der Waals surface area contributed by atoms with Crippen LogP contribution in [0.2, 0.25) is 0 Å². The van der Waals surface area contributed by atoms with Crippen molar-refractivity contribution in [2.75, 3.05) is 25.6 Å². The van der Waals surface area contributed by atoms with E-state index in [1.165, 1.54) is 17.7 Å². The Bertz CT molecular complexity index is 1310. The molecule has 2 aliphatic rings. The second-order valence-electron chi connectivity index (χ2n) is 8.44. The Labute approximate surface area is 188 Å². The number of pyridine rings is 2. The molecule has 0 radical (unpaired) electrons. The monoisotopic (exact) mass is 453 g/mol. The summed E-state index contributed by atoms with van der Waals surface area (Å²) in [6.45, 7) is 2.17. The van der Waals surface area contributed by atoms with Crippen molar-refractivity contribution in [3.05, 3.63) is 41.9 Å². The van der Waals surface area contributed by atoms with Crippen molar-refractivity contribution in [3.8, 4) is 17.3 Å². The number of hydrogen-bond donors (Lipinski definition) is 1. The highest BCUT2D eigenvalue weighted by atomic mass is 19.3. The van der Waals surface area contributed by atoms with Gasteiger partial charge in [0.05, 0.1) is 41.3 Å². The molecule has 33 heavy (non-hydrogen) atoms. The van der Waals surface area contributed by atoms with E-state index in [9.17, 15) is 18.8 Å². The van der Waals surface area contributed by atoms with Crippen molar-refractivity contribution in [1.82, 2.24) is 14.5 Å². The minimum atomic E-state index is -2.80. The van der Waals surface area contributed by atoms with Crippen LogP contribution >= 0.6 is 0 Å². The van der Waals surface area contributed by atoms with Crippen LogP contribution in [0.4, 0.5) is 14.6 Å². The van der Waals surface area contributed by atoms with Crippen molar-refractivity contribution < 1.29 is 23.0 Å². The lowest BCUT2D eigenvalue weighted by Gasteiger charge is -2.25. The van der Waals surface area contributed by atoms with Crippen LogP contribution in [0.3, 0.4) is 0 Å². The van der Waals surface area contributed by atoms with Crippen LogP contribution in [0.5, 0.6) is 0 Å². The van der Waals surface area contributed by atoms with Crippen LogP contribution in [0, 0.1) is 11.3 Å². The maximum atomic E-state index is 14.0. The second kappa shape index (κ2) is 7.57. The summed E-state index contributed by atoms with van der Waals surface area (Å²) in [5.41, 5.74) is 1.63. The van der Waals surface area contributed by atoms with Crippen LogP contribution in [0.15, 0.2) is 30.6 Å². The SMILES string of the molecule is CO[C@@]1(c2cc(C#N)cc(-c3cn(C4CC4(F)F)c4cnc(NC(C)=O)cc34)n2)CCOC1. The van der Waals surface area contributed by atoms with Crippen LogP contribution in [-0.2, 0) is 19.9 Å². The smallest absolute Gasteiger partial charge is 0.270 e. The molecule has 0 aromatic carbocycles. The summed E-state index contributed by atoms with van der Waals surface area (Å²) in [5.74, 6) is -2.80. The fraction of sp³-hybridized carbons (Fsp3) is 0.391. The van der Waals surface area contributed by atoms with E-state index >= 15 is 0 Å². The molecule has 5 rings (SSSR count). The van der Waals surface area contributed by atoms with Gasteiger partial charge in [0.2, 0.25) is 5.91 Å². The molecular formula is C23H21F2N5O3. The number of amides is 1. The average Bonchev–Trinajstić information content (AvgIpc) is 3.14. The first-order chi connectivity index (χ1) is 15.8. The van der Waals surface area contributed by atoms with Gasteiger partial charge in [0, 0.05) is 50.6 Å². The van der Waals surface area contributed by atoms with Gasteiger partial charge in [0.25, 0.3) is 5.92 Å². The molecule has 4 heterocycles. The zero-order valence-electron chi connectivity index (χ0n) is 18.1. The Kier molecular flexibility index (Phi) is 4.92. The first kappa shape index (κ1) is 21.4. The van der Waals surface area contributed by atoms with E-state index in [0.29, 0.717) is 58.9 Å². The fourth-order valence-corrected chi connectivity index (χ4v) is 4.34. The lowest BCUT2D eigenvalue weighted by Crippen LogP contribution is -2.30. The second-order valence-corrected chi connectivity index (χ2v) is 8.44. The van der Waals surface area contributed by atoms with Gasteiger partial charge in [-0.1, -0.05) is 0 Å². The Morgan fingerprint density at radius 1 is 1.39 bits per heavy atom. The van der Waals surface area contributed by atoms with Gasteiger partial charge in [0.1, 0.15) is 17.5 Å². The molecule has 8 nitrogen and oxygen atoms in total. The highest BCUT2D eigenvalue weighted by molar-refractivity contribution is 5.98. The molecule has 1 amide bonds. The number of carbonyl (C=O) groups excluding carboxylic acids is 1. The molecule has 1 aliphatic heterocycles. The van der Waals surface area contributed by atoms with E-state index in [-0.39, 0.29) is 12.3 Å². The number of nitriles is 1. The molecule has 1 aliphatic carbocycles. The van der Waals surface area contributed by atoms with Crippen molar-refractivity contribution >= 4 is 22.6 Å². The van der Waals surface area contributed by atoms with Crippen molar-refractivity contribution in [2.24, 2.45) is 0 Å². The molecule has 3 aromatic rings. The first-order valence-electron chi connectivity index (χ1n) is 10.5. The molecule has 0 bridgehead atoms. The first-order valence-corrected chi connectivity index (χ1v) is 10.5. The molecule has 0 spiro atoms. The Morgan fingerprint density at radius 3 is 2.79 bits per heavy atom. The normalized spacial score (nSPS) is 23.4. The predicted molar refractivity (Wildman–Crippen MR) is 115 cm³/mol. The highest BCUT2D eigenvalue weighted by Gasteiger charge is 2.58. The van der Waals surface area contributed by atoms with Gasteiger partial charge in [-0.05, 0) is 18.2 Å². The topological polar surface area (TPSA) is 102 Å². The van der Waals surface area contributed by atoms with Gasteiger partial charge in [-0.15, -0.1) is 0 Å². The van der Waals surface area contributed by atoms with Gasteiger partial charge >= 0.3 is 0 Å². The largest absolute Gasteiger partial charge is 0.378 e.